The van der Waals surface area contributed by atoms with E-state index in [1.165, 1.54) is 69.6 Å². The van der Waals surface area contributed by atoms with Crippen molar-refractivity contribution in [2.45, 2.75) is 160 Å². The quantitative estimate of drug-likeness (QED) is 0.0186. The van der Waals surface area contributed by atoms with Gasteiger partial charge in [0.2, 0.25) is 0 Å². The largest absolute Gasteiger partial charge is 0.508 e. The summed E-state index contributed by atoms with van der Waals surface area (Å²) in [5.74, 6) is -0.831. The Kier molecular flexibility index (Phi) is 67.1. The molecular formula is C102H112Br6N6O21. The predicted molar refractivity (Wildman–Crippen MR) is 531 cm³/mol. The summed E-state index contributed by atoms with van der Waals surface area (Å²) in [6.45, 7) is 29.3. The molecule has 0 bridgehead atoms. The molecule has 0 saturated carbocycles. The van der Waals surface area contributed by atoms with Crippen molar-refractivity contribution in [1.29, 1.82) is 0 Å². The maximum atomic E-state index is 12.0. The Morgan fingerprint density at radius 2 is 0.556 bits per heavy atom. The molecule has 0 saturated heterocycles. The number of phenols is 2. The Bertz CT molecular complexity index is 5120. The molecule has 0 aliphatic carbocycles. The molecule has 8 aromatic carbocycles. The van der Waals surface area contributed by atoms with Gasteiger partial charge in [0.15, 0.2) is 6.29 Å². The normalized spacial score (nSPS) is 10.5. The van der Waals surface area contributed by atoms with Crippen LogP contribution in [-0.4, -0.2) is 133 Å². The minimum Gasteiger partial charge on any atom is -0.508 e. The van der Waals surface area contributed by atoms with Gasteiger partial charge in [-0.2, -0.15) is 38.4 Å². The van der Waals surface area contributed by atoms with Crippen LogP contribution in [-0.2, 0) is 114 Å². The molecule has 4 atom stereocenters. The molecule has 135 heavy (non-hydrogen) atoms. The molecule has 27 nitrogen and oxygen atoms in total. The lowest BCUT2D eigenvalue weighted by Crippen LogP contribution is -2.19. The summed E-state index contributed by atoms with van der Waals surface area (Å²) in [6.07, 6.45) is 23.2. The van der Waals surface area contributed by atoms with Crippen molar-refractivity contribution in [2.75, 3.05) is 26.4 Å². The number of aromatic nitrogens is 6. The first kappa shape index (κ1) is 123. The monoisotopic (exact) mass is 2230 g/mol. The molecule has 3 N–H and O–H groups in total. The fourth-order valence-electron chi connectivity index (χ4n) is 11.9. The molecule has 4 unspecified atom stereocenters. The molecule has 0 aliphatic rings. The zero-order chi connectivity index (χ0) is 102. The van der Waals surface area contributed by atoms with Crippen molar-refractivity contribution in [2.24, 2.45) is 23.7 Å². The van der Waals surface area contributed by atoms with Gasteiger partial charge in [-0.25, -0.2) is 29.9 Å². The first-order chi connectivity index (χ1) is 64.6. The van der Waals surface area contributed by atoms with E-state index >= 15 is 0 Å². The van der Waals surface area contributed by atoms with E-state index in [9.17, 15) is 33.9 Å². The highest BCUT2D eigenvalue weighted by molar-refractivity contribution is 9.11. The van der Waals surface area contributed by atoms with Crippen LogP contribution >= 0.6 is 95.6 Å². The summed E-state index contributed by atoms with van der Waals surface area (Å²) in [7, 11) is 0. The van der Waals surface area contributed by atoms with E-state index in [0.717, 1.165) is 121 Å². The van der Waals surface area contributed by atoms with Gasteiger partial charge >= 0.3 is 48.5 Å². The average molecular weight is 2240 g/mol. The van der Waals surface area contributed by atoms with Crippen LogP contribution in [0, 0.1) is 65.2 Å². The number of alkyl halides is 1. The third-order valence-corrected chi connectivity index (χ3v) is 22.6. The summed E-state index contributed by atoms with van der Waals surface area (Å²) in [6, 6.07) is 46.5. The Balaban J connectivity index is 0.00000152. The SMILES string of the molecule is CCOC(=O)C(CC)Cc1cc(-c2cncnc2)ccc1C.CCOC(=O)C(CC)Cc1cc(-c2cncnc2)ccc1C.CCOC(=O)C(CC)Cc1cc(-c2cncnc2)ccc1O.CCOC(=O)C(CC)Cc1cc(Br)ccc1C.Cc1ccc(Br)cc1C=O.Cc1ccc(Br)cc1CBr.Cc1ccc(Br)cc1CO.O=C=O.O=C=O.O=C=O.O=C=O.O=Cc1cc(Br)ccc1O. The number of esters is 4. The third-order valence-electron chi connectivity index (χ3n) is 19.5. The van der Waals surface area contributed by atoms with E-state index in [-0.39, 0.29) is 90.3 Å². The lowest BCUT2D eigenvalue weighted by molar-refractivity contribution is -0.193. The number of aromatic hydroxyl groups is 2. The molecule has 718 valence electrons. The Hall–Kier alpha value is -11.8. The van der Waals surface area contributed by atoms with Crippen LogP contribution in [0.15, 0.2) is 224 Å². The molecule has 0 aliphatic heterocycles. The first-order valence-electron chi connectivity index (χ1n) is 42.1. The number of aliphatic hydroxyl groups excluding tert-OH is 1. The van der Waals surface area contributed by atoms with E-state index in [2.05, 4.69) is 220 Å². The van der Waals surface area contributed by atoms with Crippen molar-refractivity contribution < 1.29 is 101 Å². The molecule has 33 heteroatoms. The van der Waals surface area contributed by atoms with Crippen molar-refractivity contribution in [3.05, 3.63) is 302 Å². The number of aryl methyl sites for hydroxylation is 6. The molecule has 11 rings (SSSR count). The predicted octanol–water partition coefficient (Wildman–Crippen LogP) is 22.1. The van der Waals surface area contributed by atoms with Gasteiger partial charge in [-0.3, -0.25) is 28.8 Å². The maximum Gasteiger partial charge on any atom is 0.373 e. The van der Waals surface area contributed by atoms with Crippen LogP contribution < -0.4 is 0 Å². The number of benzene rings is 8. The lowest BCUT2D eigenvalue weighted by atomic mass is 9.92. The minimum absolute atomic E-state index is 0.0122. The number of phenolic OH excluding ortho intramolecular Hbond substituents is 2. The number of hydrogen-bond donors (Lipinski definition) is 3. The zero-order valence-corrected chi connectivity index (χ0v) is 87.1. The van der Waals surface area contributed by atoms with Gasteiger partial charge in [0.1, 0.15) is 36.8 Å². The van der Waals surface area contributed by atoms with Gasteiger partial charge in [-0.05, 0) is 283 Å². The highest BCUT2D eigenvalue weighted by Crippen LogP contribution is 2.31. The number of carbonyl (C=O) groups is 6. The topological polar surface area (TPSA) is 414 Å². The van der Waals surface area contributed by atoms with Gasteiger partial charge in [-0.15, -0.1) is 0 Å². The second-order valence-corrected chi connectivity index (χ2v) is 33.7. The van der Waals surface area contributed by atoms with E-state index in [1.54, 1.807) is 62.3 Å². The first-order valence-corrected chi connectivity index (χ1v) is 47.2. The smallest absolute Gasteiger partial charge is 0.373 e. The molecular weight excluding hydrogens is 2120 g/mol. The van der Waals surface area contributed by atoms with Crippen molar-refractivity contribution in [3.8, 4) is 44.9 Å². The third kappa shape index (κ3) is 49.8. The summed E-state index contributed by atoms with van der Waals surface area (Å²) >= 11 is 20.1. The second kappa shape index (κ2) is 73.6. The fraction of sp³-hybridized carbons (Fsp3) is 0.314. The van der Waals surface area contributed by atoms with Gasteiger partial charge in [0.25, 0.3) is 0 Å². The van der Waals surface area contributed by atoms with Crippen LogP contribution in [0.3, 0.4) is 0 Å². The summed E-state index contributed by atoms with van der Waals surface area (Å²) in [5, 5.41) is 28.8. The van der Waals surface area contributed by atoms with Crippen LogP contribution in [0.4, 0.5) is 0 Å². The van der Waals surface area contributed by atoms with Crippen LogP contribution in [0.5, 0.6) is 11.5 Å². The van der Waals surface area contributed by atoms with Gasteiger partial charge in [0.05, 0.1) is 62.3 Å². The summed E-state index contributed by atoms with van der Waals surface area (Å²) < 4.78 is 25.4. The molecule has 0 amide bonds. The second-order valence-electron chi connectivity index (χ2n) is 28.5. The van der Waals surface area contributed by atoms with E-state index in [0.29, 0.717) is 64.0 Å². The average Bonchev–Trinajstić information content (AvgIpc) is 0.695. The number of hydrogen-bond acceptors (Lipinski definition) is 27. The van der Waals surface area contributed by atoms with Gasteiger partial charge in [0, 0.05) is 87.1 Å². The Labute approximate surface area is 838 Å². The van der Waals surface area contributed by atoms with E-state index in [4.69, 9.17) is 67.5 Å². The molecule has 0 spiro atoms. The highest BCUT2D eigenvalue weighted by Gasteiger charge is 2.24. The van der Waals surface area contributed by atoms with Crippen LogP contribution in [0.2, 0.25) is 0 Å². The number of halogens is 6. The van der Waals surface area contributed by atoms with Crippen molar-refractivity contribution in [3.63, 3.8) is 0 Å². The molecule has 3 aromatic heterocycles. The lowest BCUT2D eigenvalue weighted by Gasteiger charge is -2.16. The van der Waals surface area contributed by atoms with E-state index in [1.807, 2.05) is 117 Å². The minimum atomic E-state index is -0.256. The van der Waals surface area contributed by atoms with E-state index < -0.39 is 0 Å². The molecule has 0 fully saturated rings. The Morgan fingerprint density at radius 1 is 0.319 bits per heavy atom. The molecule has 0 radical (unpaired) electrons. The van der Waals surface area contributed by atoms with Gasteiger partial charge < -0.3 is 34.3 Å². The standard InChI is InChI=1S/2C18H22N2O2.C17H20N2O3.C14H19BrO2.C8H8Br2.C8H9BrO.C8H7BrO.C7H5BrO2.4CO2/c2*1-4-14(18(21)22-5-2)8-16-9-15(7-6-13(16)3)17-10-19-12-20-11-17;1-3-12(17(21)22-4-2)7-14-8-13(5-6-16(14)20)15-9-18-11-19-10-15;1-4-11(14(16)17-5-2)8-12-9-13(15)7-6-10(12)3;1-6-2-3-8(10)4-7(6)5-9;2*1-6-2-3-8(9)4-7(6)5-10;8-6-1-2-7(10)5(3-6)4-9;4*2-1-3/h2*6-7,9-12,14H,4-5,8H2,1-3H3;5-6,8-12,20H,3-4,7H2,1-2H3;6-7,9,11H,4-5,8H2,1-3H3;2-4H,5H2,1H3;2-4,10H,5H2,1H3;2-5H,1H3;1-4,10H;;;;. The van der Waals surface area contributed by atoms with Gasteiger partial charge in [-0.1, -0.05) is 190 Å². The number of aldehydes is 2. The Morgan fingerprint density at radius 3 is 0.830 bits per heavy atom. The number of carbonyl (C=O) groups excluding carboxylic acids is 14. The number of rotatable bonds is 27. The van der Waals surface area contributed by atoms with Crippen LogP contribution in [0.1, 0.15) is 169 Å². The summed E-state index contributed by atoms with van der Waals surface area (Å²) in [4.78, 5) is 157. The summed E-state index contributed by atoms with van der Waals surface area (Å²) in [5.41, 5.74) is 20.6. The zero-order valence-electron chi connectivity index (χ0n) is 77.6. The van der Waals surface area contributed by atoms with Crippen molar-refractivity contribution >= 4 is 157 Å². The van der Waals surface area contributed by atoms with Crippen LogP contribution in [0.25, 0.3) is 33.4 Å². The highest BCUT2D eigenvalue weighted by atomic mass is 79.9. The maximum absolute atomic E-state index is 12.0. The number of aliphatic hydroxyl groups is 1. The molecule has 11 aromatic rings. The number of ether oxygens (including phenoxy) is 4. The molecule has 3 heterocycles. The van der Waals surface area contributed by atoms with Crippen molar-refractivity contribution in [1.82, 2.24) is 29.9 Å². The number of nitrogens with zero attached hydrogens (tertiary/aromatic N) is 6. The fourth-order valence-corrected chi connectivity index (χ4v) is 14.5.